The molecule has 1 aromatic carbocycles. The van der Waals surface area contributed by atoms with Crippen molar-refractivity contribution in [3.63, 3.8) is 0 Å². The molecule has 0 atom stereocenters. The average molecular weight is 299 g/mol. The van der Waals surface area contributed by atoms with Crippen molar-refractivity contribution in [3.8, 4) is 0 Å². The standard InChI is InChI=1S/C15H23ClN2O2/c1-11(2)10-20-8-4-7-17-15(19)18-14-6-5-12(3)9-13(14)16/h5-6,9,11H,4,7-8,10H2,1-3H3,(H2,17,18,19). The highest BCUT2D eigenvalue weighted by molar-refractivity contribution is 6.33. The molecule has 0 fully saturated rings. The van der Waals surface area contributed by atoms with E-state index >= 15 is 0 Å². The van der Waals surface area contributed by atoms with E-state index in [9.17, 15) is 4.79 Å². The molecule has 5 heteroatoms. The molecule has 0 aliphatic rings. The van der Waals surface area contributed by atoms with Crippen LogP contribution in [0.5, 0.6) is 0 Å². The first-order valence-electron chi connectivity index (χ1n) is 6.87. The Morgan fingerprint density at radius 2 is 2.15 bits per heavy atom. The van der Waals surface area contributed by atoms with Gasteiger partial charge in [-0.05, 0) is 37.0 Å². The third-order valence-corrected chi connectivity index (χ3v) is 2.89. The Morgan fingerprint density at radius 1 is 1.40 bits per heavy atom. The Balaban J connectivity index is 2.20. The van der Waals surface area contributed by atoms with Crippen molar-refractivity contribution >= 4 is 23.3 Å². The summed E-state index contributed by atoms with van der Waals surface area (Å²) >= 11 is 6.04. The summed E-state index contributed by atoms with van der Waals surface area (Å²) in [6, 6.07) is 5.26. The number of carbonyl (C=O) groups is 1. The first kappa shape index (κ1) is 16.8. The van der Waals surface area contributed by atoms with Gasteiger partial charge in [-0.2, -0.15) is 0 Å². The van der Waals surface area contributed by atoms with E-state index in [-0.39, 0.29) is 6.03 Å². The Labute approximate surface area is 125 Å². The average Bonchev–Trinajstić information content (AvgIpc) is 2.36. The highest BCUT2D eigenvalue weighted by atomic mass is 35.5. The van der Waals surface area contributed by atoms with Crippen molar-refractivity contribution in [2.24, 2.45) is 5.92 Å². The number of hydrogen-bond donors (Lipinski definition) is 2. The van der Waals surface area contributed by atoms with Crippen LogP contribution in [-0.2, 0) is 4.74 Å². The smallest absolute Gasteiger partial charge is 0.319 e. The van der Waals surface area contributed by atoms with Crippen LogP contribution in [0.1, 0.15) is 25.8 Å². The summed E-state index contributed by atoms with van der Waals surface area (Å²) in [6.45, 7) is 8.16. The van der Waals surface area contributed by atoms with E-state index < -0.39 is 0 Å². The highest BCUT2D eigenvalue weighted by Crippen LogP contribution is 2.22. The minimum atomic E-state index is -0.250. The Hall–Kier alpha value is -1.26. The third-order valence-electron chi connectivity index (χ3n) is 2.57. The molecule has 0 unspecified atom stereocenters. The number of urea groups is 1. The van der Waals surface area contributed by atoms with Crippen molar-refractivity contribution in [3.05, 3.63) is 28.8 Å². The van der Waals surface area contributed by atoms with Crippen LogP contribution in [0.3, 0.4) is 0 Å². The van der Waals surface area contributed by atoms with E-state index in [4.69, 9.17) is 16.3 Å². The molecule has 0 heterocycles. The topological polar surface area (TPSA) is 50.4 Å². The molecular weight excluding hydrogens is 276 g/mol. The second kappa shape index (κ2) is 8.82. The van der Waals surface area contributed by atoms with Crippen LogP contribution in [0.2, 0.25) is 5.02 Å². The number of hydrogen-bond acceptors (Lipinski definition) is 2. The van der Waals surface area contributed by atoms with Gasteiger partial charge in [-0.15, -0.1) is 0 Å². The zero-order chi connectivity index (χ0) is 15.0. The predicted octanol–water partition coefficient (Wildman–Crippen LogP) is 3.83. The number of nitrogens with one attached hydrogen (secondary N) is 2. The molecule has 20 heavy (non-hydrogen) atoms. The van der Waals surface area contributed by atoms with E-state index in [1.807, 2.05) is 19.1 Å². The van der Waals surface area contributed by atoms with Crippen LogP contribution < -0.4 is 10.6 Å². The van der Waals surface area contributed by atoms with Crippen molar-refractivity contribution in [2.45, 2.75) is 27.2 Å². The lowest BCUT2D eigenvalue weighted by atomic mass is 10.2. The lowest BCUT2D eigenvalue weighted by Gasteiger charge is -2.10. The van der Waals surface area contributed by atoms with E-state index in [0.717, 1.165) is 18.6 Å². The van der Waals surface area contributed by atoms with Crippen molar-refractivity contribution < 1.29 is 9.53 Å². The van der Waals surface area contributed by atoms with Gasteiger partial charge in [0.15, 0.2) is 0 Å². The molecule has 2 N–H and O–H groups in total. The SMILES string of the molecule is Cc1ccc(NC(=O)NCCCOCC(C)C)c(Cl)c1. The summed E-state index contributed by atoms with van der Waals surface area (Å²) in [5, 5.41) is 6.04. The Morgan fingerprint density at radius 3 is 2.80 bits per heavy atom. The molecule has 2 amide bonds. The normalized spacial score (nSPS) is 10.7. The van der Waals surface area contributed by atoms with Crippen LogP contribution in [0.15, 0.2) is 18.2 Å². The molecule has 112 valence electrons. The lowest BCUT2D eigenvalue weighted by Crippen LogP contribution is -2.30. The summed E-state index contributed by atoms with van der Waals surface area (Å²) in [4.78, 5) is 11.7. The summed E-state index contributed by atoms with van der Waals surface area (Å²) in [5.41, 5.74) is 1.68. The van der Waals surface area contributed by atoms with Gasteiger partial charge in [-0.3, -0.25) is 0 Å². The number of aryl methyl sites for hydroxylation is 1. The number of benzene rings is 1. The van der Waals surface area contributed by atoms with Crippen molar-refractivity contribution in [2.75, 3.05) is 25.1 Å². The van der Waals surface area contributed by atoms with Gasteiger partial charge in [-0.1, -0.05) is 31.5 Å². The zero-order valence-corrected chi connectivity index (χ0v) is 13.1. The third kappa shape index (κ3) is 6.78. The van der Waals surface area contributed by atoms with E-state index in [2.05, 4.69) is 24.5 Å². The molecule has 0 spiro atoms. The van der Waals surface area contributed by atoms with Gasteiger partial charge in [0.25, 0.3) is 0 Å². The molecule has 4 nitrogen and oxygen atoms in total. The van der Waals surface area contributed by atoms with Gasteiger partial charge in [-0.25, -0.2) is 4.79 Å². The molecular formula is C15H23ClN2O2. The van der Waals surface area contributed by atoms with Gasteiger partial charge in [0, 0.05) is 19.8 Å². The van der Waals surface area contributed by atoms with Crippen LogP contribution in [-0.4, -0.2) is 25.8 Å². The first-order chi connectivity index (χ1) is 9.49. The number of rotatable bonds is 7. The molecule has 0 aliphatic carbocycles. The van der Waals surface area contributed by atoms with Gasteiger partial charge in [0.05, 0.1) is 10.7 Å². The minimum Gasteiger partial charge on any atom is -0.381 e. The molecule has 0 aliphatic heterocycles. The van der Waals surface area contributed by atoms with Gasteiger partial charge in [0.1, 0.15) is 0 Å². The number of anilines is 1. The van der Waals surface area contributed by atoms with E-state index in [1.165, 1.54) is 0 Å². The van der Waals surface area contributed by atoms with Crippen molar-refractivity contribution in [1.29, 1.82) is 0 Å². The fourth-order valence-corrected chi connectivity index (χ4v) is 1.87. The molecule has 0 saturated heterocycles. The summed E-state index contributed by atoms with van der Waals surface area (Å²) in [6.07, 6.45) is 0.793. The van der Waals surface area contributed by atoms with E-state index in [1.54, 1.807) is 6.07 Å². The van der Waals surface area contributed by atoms with Crippen LogP contribution >= 0.6 is 11.6 Å². The van der Waals surface area contributed by atoms with Gasteiger partial charge >= 0.3 is 6.03 Å². The quantitative estimate of drug-likeness (QED) is 0.752. The zero-order valence-electron chi connectivity index (χ0n) is 12.3. The van der Waals surface area contributed by atoms with Gasteiger partial charge in [0.2, 0.25) is 0 Å². The van der Waals surface area contributed by atoms with E-state index in [0.29, 0.717) is 29.8 Å². The molecule has 0 bridgehead atoms. The van der Waals surface area contributed by atoms with Crippen molar-refractivity contribution in [1.82, 2.24) is 5.32 Å². The summed E-state index contributed by atoms with van der Waals surface area (Å²) < 4.78 is 5.43. The second-order valence-corrected chi connectivity index (χ2v) is 5.59. The van der Waals surface area contributed by atoms with Gasteiger partial charge < -0.3 is 15.4 Å². The maximum Gasteiger partial charge on any atom is 0.319 e. The number of carbonyl (C=O) groups excluding carboxylic acids is 1. The Bertz CT molecular complexity index is 436. The molecule has 0 radical (unpaired) electrons. The number of amides is 2. The van der Waals surface area contributed by atoms with Crippen LogP contribution in [0.25, 0.3) is 0 Å². The largest absolute Gasteiger partial charge is 0.381 e. The maximum atomic E-state index is 11.7. The second-order valence-electron chi connectivity index (χ2n) is 5.19. The molecule has 0 aromatic heterocycles. The molecule has 0 saturated carbocycles. The molecule has 1 aromatic rings. The number of ether oxygens (including phenoxy) is 1. The molecule has 1 rings (SSSR count). The highest BCUT2D eigenvalue weighted by Gasteiger charge is 2.05. The first-order valence-corrected chi connectivity index (χ1v) is 7.25. The monoisotopic (exact) mass is 298 g/mol. The Kier molecular flexibility index (Phi) is 7.41. The maximum absolute atomic E-state index is 11.7. The summed E-state index contributed by atoms with van der Waals surface area (Å²) in [5.74, 6) is 0.537. The number of halogens is 1. The fourth-order valence-electron chi connectivity index (χ4n) is 1.58. The fraction of sp³-hybridized carbons (Fsp3) is 0.533. The van der Waals surface area contributed by atoms with Crippen LogP contribution in [0, 0.1) is 12.8 Å². The minimum absolute atomic E-state index is 0.250. The lowest BCUT2D eigenvalue weighted by molar-refractivity contribution is 0.108. The van der Waals surface area contributed by atoms with Crippen LogP contribution in [0.4, 0.5) is 10.5 Å². The predicted molar refractivity (Wildman–Crippen MR) is 83.5 cm³/mol. The summed E-state index contributed by atoms with van der Waals surface area (Å²) in [7, 11) is 0.